The zero-order valence-corrected chi connectivity index (χ0v) is 18.6. The first-order valence-electron chi connectivity index (χ1n) is 12.3. The van der Waals surface area contributed by atoms with Crippen LogP contribution >= 0.6 is 0 Å². The molecule has 4 aliphatic carbocycles. The predicted octanol–water partition coefficient (Wildman–Crippen LogP) is 3.22. The number of aliphatic hydroxyl groups is 1. The normalized spacial score (nSPS) is 50.3. The Balaban J connectivity index is 1.42. The lowest BCUT2D eigenvalue weighted by Crippen LogP contribution is -2.61. The first-order valence-corrected chi connectivity index (χ1v) is 12.3. The van der Waals surface area contributed by atoms with Crippen molar-refractivity contribution >= 4 is 11.6 Å². The quantitative estimate of drug-likeness (QED) is 0.650. The number of aliphatic hydroxyl groups excluding tert-OH is 1. The number of carbonyl (C=O) groups is 2. The van der Waals surface area contributed by atoms with Gasteiger partial charge in [-0.2, -0.15) is 0 Å². The molecule has 5 fully saturated rings. The minimum Gasteiger partial charge on any atom is -0.396 e. The van der Waals surface area contributed by atoms with Crippen molar-refractivity contribution in [2.24, 2.45) is 52.3 Å². The van der Waals surface area contributed by atoms with Gasteiger partial charge in [0.1, 0.15) is 11.6 Å². The summed E-state index contributed by atoms with van der Waals surface area (Å²) in [5.41, 5.74) is -0.218. The molecule has 164 valence electrons. The summed E-state index contributed by atoms with van der Waals surface area (Å²) in [7, 11) is 0. The number of nitrogens with one attached hydrogen (secondary N) is 1. The molecule has 0 aromatic heterocycles. The average Bonchev–Trinajstić information content (AvgIpc) is 3.36. The molecule has 0 aromatic carbocycles. The first kappa shape index (κ1) is 20.7. The second-order valence-electron chi connectivity index (χ2n) is 11.4. The zero-order chi connectivity index (χ0) is 21.1. The Bertz CT molecular complexity index is 790. The lowest BCUT2D eigenvalue weighted by Gasteiger charge is -2.61. The van der Waals surface area contributed by atoms with Gasteiger partial charge in [-0.05, 0) is 74.7 Å². The lowest BCUT2D eigenvalue weighted by molar-refractivity contribution is -0.170. The van der Waals surface area contributed by atoms with E-state index in [9.17, 15) is 14.7 Å². The third-order valence-electron chi connectivity index (χ3n) is 10.2. The molecule has 5 aliphatic rings. The molecule has 0 radical (unpaired) electrons. The van der Waals surface area contributed by atoms with Crippen LogP contribution in [0.25, 0.3) is 0 Å². The van der Waals surface area contributed by atoms with Crippen LogP contribution in [0.5, 0.6) is 0 Å². The monoisotopic (exact) mass is 411 g/mol. The molecule has 30 heavy (non-hydrogen) atoms. The smallest absolute Gasteiger partial charge is 0.142 e. The topological polar surface area (TPSA) is 66.4 Å². The van der Waals surface area contributed by atoms with Gasteiger partial charge in [0.05, 0.1) is 6.61 Å². The van der Waals surface area contributed by atoms with E-state index < -0.39 is 0 Å². The van der Waals surface area contributed by atoms with E-state index in [4.69, 9.17) is 0 Å². The van der Waals surface area contributed by atoms with Gasteiger partial charge in [-0.25, -0.2) is 0 Å². The summed E-state index contributed by atoms with van der Waals surface area (Å²) in [5, 5.41) is 13.7. The van der Waals surface area contributed by atoms with Crippen molar-refractivity contribution in [3.05, 3.63) is 0 Å². The Morgan fingerprint density at radius 3 is 2.53 bits per heavy atom. The Labute approximate surface area is 181 Å². The fourth-order valence-electron chi connectivity index (χ4n) is 8.31. The Morgan fingerprint density at radius 2 is 1.80 bits per heavy atom. The summed E-state index contributed by atoms with van der Waals surface area (Å²) in [6.45, 7) is 6.53. The van der Waals surface area contributed by atoms with Gasteiger partial charge in [0, 0.05) is 42.1 Å². The number of Topliss-reactive ketones (excluding diaryl/α,β-unsaturated/α-hetero) is 2. The van der Waals surface area contributed by atoms with E-state index >= 15 is 0 Å². The van der Waals surface area contributed by atoms with Crippen LogP contribution < -0.4 is 5.32 Å². The predicted molar refractivity (Wildman–Crippen MR) is 115 cm³/mol. The van der Waals surface area contributed by atoms with Crippen LogP contribution in [0.3, 0.4) is 0 Å². The van der Waals surface area contributed by atoms with E-state index in [1.165, 1.54) is 0 Å². The van der Waals surface area contributed by atoms with Crippen molar-refractivity contribution in [3.8, 4) is 11.8 Å². The van der Waals surface area contributed by atoms with Crippen LogP contribution in [0.4, 0.5) is 0 Å². The van der Waals surface area contributed by atoms with Gasteiger partial charge in [-0.15, -0.1) is 0 Å². The van der Waals surface area contributed by atoms with Crippen LogP contribution in [0.15, 0.2) is 0 Å². The summed E-state index contributed by atoms with van der Waals surface area (Å²) < 4.78 is 0. The molecule has 4 nitrogen and oxygen atoms in total. The van der Waals surface area contributed by atoms with Crippen molar-refractivity contribution in [3.63, 3.8) is 0 Å². The fraction of sp³-hybridized carbons (Fsp3) is 0.846. The molecule has 0 spiro atoms. The zero-order valence-electron chi connectivity index (χ0n) is 18.6. The van der Waals surface area contributed by atoms with Gasteiger partial charge in [0.15, 0.2) is 0 Å². The van der Waals surface area contributed by atoms with Crippen molar-refractivity contribution in [1.82, 2.24) is 5.32 Å². The Hall–Kier alpha value is -1.18. The van der Waals surface area contributed by atoms with E-state index in [-0.39, 0.29) is 46.9 Å². The molecule has 2 unspecified atom stereocenters. The van der Waals surface area contributed by atoms with E-state index in [0.29, 0.717) is 30.0 Å². The highest BCUT2D eigenvalue weighted by atomic mass is 16.3. The van der Waals surface area contributed by atoms with Crippen molar-refractivity contribution in [1.29, 1.82) is 0 Å². The van der Waals surface area contributed by atoms with Crippen LogP contribution in [0.2, 0.25) is 0 Å². The van der Waals surface area contributed by atoms with Crippen molar-refractivity contribution in [2.75, 3.05) is 19.7 Å². The number of ketones is 2. The van der Waals surface area contributed by atoms with Crippen molar-refractivity contribution in [2.45, 2.75) is 65.2 Å². The van der Waals surface area contributed by atoms with E-state index in [2.05, 4.69) is 31.0 Å². The fourth-order valence-corrected chi connectivity index (χ4v) is 8.31. The Morgan fingerprint density at radius 1 is 1.00 bits per heavy atom. The van der Waals surface area contributed by atoms with Crippen molar-refractivity contribution < 1.29 is 14.7 Å². The molecule has 0 amide bonds. The second kappa shape index (κ2) is 7.45. The molecule has 1 heterocycles. The standard InChI is InChI=1S/C26H37NO3/c1-25-10-7-16(3-4-17-9-12-27-14-17)13-21(25)18(15-28)24(30)23-19-5-6-22(29)26(19,2)11-8-20(23)25/h16-21,23,27-28H,5-15H2,1-2H3/t16-,17?,18+,19-,20-,21?,23-,25+,26-/m0/s1. The van der Waals surface area contributed by atoms with Gasteiger partial charge >= 0.3 is 0 Å². The lowest BCUT2D eigenvalue weighted by atomic mass is 9.42. The molecule has 0 aromatic rings. The molecule has 5 rings (SSSR count). The maximum atomic E-state index is 13.7. The highest BCUT2D eigenvalue weighted by Crippen LogP contribution is 2.66. The summed E-state index contributed by atoms with van der Waals surface area (Å²) in [6, 6.07) is 0. The Kier molecular flexibility index (Phi) is 5.14. The van der Waals surface area contributed by atoms with Gasteiger partial charge in [0.2, 0.25) is 0 Å². The van der Waals surface area contributed by atoms with Crippen LogP contribution in [0.1, 0.15) is 65.2 Å². The minimum absolute atomic E-state index is 0.0270. The highest BCUT2D eigenvalue weighted by Gasteiger charge is 2.65. The molecule has 4 saturated carbocycles. The number of rotatable bonds is 1. The largest absolute Gasteiger partial charge is 0.396 e. The number of hydrogen-bond acceptors (Lipinski definition) is 4. The molecule has 4 heteroatoms. The van der Waals surface area contributed by atoms with E-state index in [1.54, 1.807) is 0 Å². The number of hydrogen-bond donors (Lipinski definition) is 2. The summed E-state index contributed by atoms with van der Waals surface area (Å²) >= 11 is 0. The van der Waals surface area contributed by atoms with Crippen LogP contribution in [0, 0.1) is 64.1 Å². The van der Waals surface area contributed by atoms with Gasteiger partial charge in [-0.3, -0.25) is 9.59 Å². The molecule has 1 aliphatic heterocycles. The number of carbonyl (C=O) groups excluding carboxylic acids is 2. The summed E-state index contributed by atoms with van der Waals surface area (Å²) in [4.78, 5) is 26.4. The maximum Gasteiger partial charge on any atom is 0.142 e. The van der Waals surface area contributed by atoms with E-state index in [0.717, 1.165) is 58.0 Å². The number of fused-ring (bicyclic) bond motifs is 5. The molecular weight excluding hydrogens is 374 g/mol. The van der Waals surface area contributed by atoms with E-state index in [1.807, 2.05) is 0 Å². The summed E-state index contributed by atoms with van der Waals surface area (Å²) in [5.74, 6) is 9.02. The minimum atomic E-state index is -0.308. The molecule has 9 atom stereocenters. The molecule has 2 N–H and O–H groups in total. The highest BCUT2D eigenvalue weighted by molar-refractivity contribution is 5.91. The third kappa shape index (κ3) is 2.95. The van der Waals surface area contributed by atoms with Crippen LogP contribution in [-0.4, -0.2) is 36.4 Å². The first-order chi connectivity index (χ1) is 14.4. The average molecular weight is 412 g/mol. The SMILES string of the molecule is C[C@]12CC[C@H](C#CC3CCNC3)CC1[C@@H](CO)C(=O)[C@@H]1[C@@H]2CC[C@]2(C)C(=O)CC[C@@H]12. The van der Waals surface area contributed by atoms with Gasteiger partial charge in [0.25, 0.3) is 0 Å². The van der Waals surface area contributed by atoms with Gasteiger partial charge < -0.3 is 10.4 Å². The molecular formula is C26H37NO3. The third-order valence-corrected chi connectivity index (χ3v) is 10.2. The summed E-state index contributed by atoms with van der Waals surface area (Å²) in [6.07, 6.45) is 7.73. The van der Waals surface area contributed by atoms with Crippen LogP contribution in [-0.2, 0) is 9.59 Å². The molecule has 0 bridgehead atoms. The maximum absolute atomic E-state index is 13.7. The second-order valence-corrected chi connectivity index (χ2v) is 11.4. The molecule has 1 saturated heterocycles. The van der Waals surface area contributed by atoms with Gasteiger partial charge in [-0.1, -0.05) is 25.7 Å².